The van der Waals surface area contributed by atoms with Crippen molar-refractivity contribution in [1.29, 1.82) is 0 Å². The van der Waals surface area contributed by atoms with Crippen LogP contribution in [0.2, 0.25) is 0 Å². The number of aryl methyl sites for hydroxylation is 2. The molecule has 0 saturated heterocycles. The highest BCUT2D eigenvalue weighted by Crippen LogP contribution is 2.28. The van der Waals surface area contributed by atoms with E-state index in [2.05, 4.69) is 15.3 Å². The fourth-order valence-electron chi connectivity index (χ4n) is 2.74. The predicted octanol–water partition coefficient (Wildman–Crippen LogP) is 1.33. The van der Waals surface area contributed by atoms with Crippen LogP contribution in [0.15, 0.2) is 23.1 Å². The maximum Gasteiger partial charge on any atom is 0.348 e. The summed E-state index contributed by atoms with van der Waals surface area (Å²) >= 11 is 0. The summed E-state index contributed by atoms with van der Waals surface area (Å²) in [6, 6.07) is 3.54. The number of pyridine rings is 2. The van der Waals surface area contributed by atoms with Gasteiger partial charge in [0.25, 0.3) is 11.4 Å². The molecule has 1 aliphatic rings. The molecule has 0 radical (unpaired) electrons. The van der Waals surface area contributed by atoms with E-state index >= 15 is 0 Å². The van der Waals surface area contributed by atoms with Crippen molar-refractivity contribution < 1.29 is 14.9 Å². The van der Waals surface area contributed by atoms with Crippen LogP contribution in [0.5, 0.6) is 5.75 Å². The molecule has 0 bridgehead atoms. The molecule has 114 valence electrons. The molecule has 2 aromatic heterocycles. The molecule has 6 heteroatoms. The highest BCUT2D eigenvalue weighted by Gasteiger charge is 2.26. The Kier molecular flexibility index (Phi) is 3.66. The van der Waals surface area contributed by atoms with Crippen LogP contribution in [0, 0.1) is 6.92 Å². The fourth-order valence-corrected chi connectivity index (χ4v) is 2.74. The smallest absolute Gasteiger partial charge is 0.348 e. The SMILES string of the molecule is Cc1ccc(NC(=O)c2c(O)c3c([nH]c2=O)CCCC3)[nH+]c1. The van der Waals surface area contributed by atoms with Crippen LogP contribution < -0.4 is 15.9 Å². The number of amides is 1. The van der Waals surface area contributed by atoms with Crippen LogP contribution in [-0.2, 0) is 12.8 Å². The molecule has 1 amide bonds. The third-order valence-electron chi connectivity index (χ3n) is 3.93. The molecular formula is C16H18N3O3+. The lowest BCUT2D eigenvalue weighted by atomic mass is 9.93. The molecule has 0 spiro atoms. The molecule has 4 N–H and O–H groups in total. The number of fused-ring (bicyclic) bond motifs is 1. The minimum atomic E-state index is -0.618. The van der Waals surface area contributed by atoms with Crippen molar-refractivity contribution in [3.8, 4) is 5.75 Å². The molecule has 1 aliphatic carbocycles. The van der Waals surface area contributed by atoms with Crippen molar-refractivity contribution in [3.63, 3.8) is 0 Å². The summed E-state index contributed by atoms with van der Waals surface area (Å²) in [6.45, 7) is 1.92. The van der Waals surface area contributed by atoms with Gasteiger partial charge in [-0.1, -0.05) is 0 Å². The van der Waals surface area contributed by atoms with Gasteiger partial charge in [0.15, 0.2) is 5.56 Å². The van der Waals surface area contributed by atoms with Crippen LogP contribution in [0.4, 0.5) is 5.82 Å². The Balaban J connectivity index is 1.95. The average molecular weight is 300 g/mol. The van der Waals surface area contributed by atoms with Crippen LogP contribution in [0.1, 0.15) is 40.0 Å². The van der Waals surface area contributed by atoms with E-state index in [1.54, 1.807) is 12.3 Å². The quantitative estimate of drug-likeness (QED) is 0.780. The molecule has 0 atom stereocenters. The highest BCUT2D eigenvalue weighted by atomic mass is 16.3. The third kappa shape index (κ3) is 2.59. The van der Waals surface area contributed by atoms with E-state index in [9.17, 15) is 14.7 Å². The summed E-state index contributed by atoms with van der Waals surface area (Å²) in [4.78, 5) is 30.1. The number of aromatic nitrogens is 2. The van der Waals surface area contributed by atoms with Gasteiger partial charge in [0, 0.05) is 17.3 Å². The Morgan fingerprint density at radius 1 is 1.32 bits per heavy atom. The van der Waals surface area contributed by atoms with Crippen molar-refractivity contribution in [2.75, 3.05) is 5.32 Å². The van der Waals surface area contributed by atoms with Crippen molar-refractivity contribution in [3.05, 3.63) is 51.1 Å². The van der Waals surface area contributed by atoms with E-state index in [1.165, 1.54) is 0 Å². The van der Waals surface area contributed by atoms with Gasteiger partial charge in [-0.3, -0.25) is 4.79 Å². The summed E-state index contributed by atoms with van der Waals surface area (Å²) in [5.41, 5.74) is 1.67. The summed E-state index contributed by atoms with van der Waals surface area (Å²) in [6.07, 6.45) is 5.07. The van der Waals surface area contributed by atoms with Crippen LogP contribution in [-0.4, -0.2) is 16.0 Å². The van der Waals surface area contributed by atoms with E-state index < -0.39 is 11.5 Å². The van der Waals surface area contributed by atoms with E-state index in [4.69, 9.17) is 0 Å². The van der Waals surface area contributed by atoms with Gasteiger partial charge in [-0.15, -0.1) is 0 Å². The number of hydrogen-bond donors (Lipinski definition) is 3. The number of carbonyl (C=O) groups excluding carboxylic acids is 1. The average Bonchev–Trinajstić information content (AvgIpc) is 2.49. The topological polar surface area (TPSA) is 96.3 Å². The Hall–Kier alpha value is -2.63. The standard InChI is InChI=1S/C16H17N3O3/c1-9-6-7-12(17-8-9)19-16(22)13-14(20)10-4-2-3-5-11(10)18-15(13)21/h6-8H,2-5H2,1H3,(H,17,19,22)(H2,18,20,21)/p+1. The van der Waals surface area contributed by atoms with Gasteiger partial charge in [0.1, 0.15) is 5.75 Å². The van der Waals surface area contributed by atoms with Gasteiger partial charge < -0.3 is 10.1 Å². The molecule has 2 aromatic rings. The predicted molar refractivity (Wildman–Crippen MR) is 81.1 cm³/mol. The lowest BCUT2D eigenvalue weighted by Gasteiger charge is -2.17. The van der Waals surface area contributed by atoms with E-state index in [0.29, 0.717) is 17.8 Å². The summed E-state index contributed by atoms with van der Waals surface area (Å²) < 4.78 is 0. The largest absolute Gasteiger partial charge is 0.506 e. The minimum Gasteiger partial charge on any atom is -0.506 e. The Bertz CT molecular complexity index is 778. The van der Waals surface area contributed by atoms with Crippen molar-refractivity contribution in [2.45, 2.75) is 32.6 Å². The zero-order valence-corrected chi connectivity index (χ0v) is 12.3. The Morgan fingerprint density at radius 3 is 2.82 bits per heavy atom. The molecule has 6 nitrogen and oxygen atoms in total. The number of hydrogen-bond acceptors (Lipinski definition) is 3. The van der Waals surface area contributed by atoms with Crippen molar-refractivity contribution >= 4 is 11.7 Å². The second-order valence-electron chi connectivity index (χ2n) is 5.58. The van der Waals surface area contributed by atoms with Gasteiger partial charge in [-0.2, -0.15) is 0 Å². The highest BCUT2D eigenvalue weighted by molar-refractivity contribution is 6.05. The molecule has 22 heavy (non-hydrogen) atoms. The van der Waals surface area contributed by atoms with Crippen molar-refractivity contribution in [2.24, 2.45) is 0 Å². The van der Waals surface area contributed by atoms with E-state index in [-0.39, 0.29) is 11.3 Å². The first-order valence-corrected chi connectivity index (χ1v) is 7.33. The summed E-state index contributed by atoms with van der Waals surface area (Å²) in [5.74, 6) is -0.345. The number of aromatic amines is 2. The van der Waals surface area contributed by atoms with Gasteiger partial charge in [0.05, 0.1) is 6.20 Å². The number of H-pyrrole nitrogens is 2. The summed E-state index contributed by atoms with van der Waals surface area (Å²) in [5, 5.41) is 12.9. The first-order valence-electron chi connectivity index (χ1n) is 7.33. The molecular weight excluding hydrogens is 282 g/mol. The van der Waals surface area contributed by atoms with Gasteiger partial charge in [-0.05, 0) is 44.2 Å². The maximum atomic E-state index is 12.3. The molecule has 0 aromatic carbocycles. The molecule has 2 heterocycles. The lowest BCUT2D eigenvalue weighted by Crippen LogP contribution is -2.28. The number of carbonyl (C=O) groups is 1. The number of rotatable bonds is 2. The first kappa shape index (κ1) is 14.3. The second-order valence-corrected chi connectivity index (χ2v) is 5.58. The van der Waals surface area contributed by atoms with Crippen LogP contribution in [0.25, 0.3) is 0 Å². The van der Waals surface area contributed by atoms with Crippen molar-refractivity contribution in [1.82, 2.24) is 4.98 Å². The van der Waals surface area contributed by atoms with E-state index in [1.807, 2.05) is 13.0 Å². The summed E-state index contributed by atoms with van der Waals surface area (Å²) in [7, 11) is 0. The second kappa shape index (κ2) is 5.63. The number of anilines is 1. The molecule has 0 aliphatic heterocycles. The van der Waals surface area contributed by atoms with Gasteiger partial charge in [0.2, 0.25) is 0 Å². The lowest BCUT2D eigenvalue weighted by molar-refractivity contribution is -0.361. The first-order chi connectivity index (χ1) is 10.6. The number of aromatic hydroxyl groups is 1. The molecule has 0 unspecified atom stereocenters. The number of nitrogens with one attached hydrogen (secondary N) is 3. The normalized spacial score (nSPS) is 13.5. The molecule has 3 rings (SSSR count). The van der Waals surface area contributed by atoms with Gasteiger partial charge >= 0.3 is 5.91 Å². The monoisotopic (exact) mass is 300 g/mol. The van der Waals surface area contributed by atoms with E-state index in [0.717, 1.165) is 30.5 Å². The molecule has 0 saturated carbocycles. The minimum absolute atomic E-state index is 0.192. The van der Waals surface area contributed by atoms with Crippen LogP contribution in [0.3, 0.4) is 0 Å². The van der Waals surface area contributed by atoms with Gasteiger partial charge in [-0.25, -0.2) is 15.1 Å². The molecule has 0 fully saturated rings. The van der Waals surface area contributed by atoms with Crippen LogP contribution >= 0.6 is 0 Å². The third-order valence-corrected chi connectivity index (χ3v) is 3.93. The fraction of sp³-hybridized carbons (Fsp3) is 0.312. The maximum absolute atomic E-state index is 12.3. The zero-order valence-electron chi connectivity index (χ0n) is 12.3. The Morgan fingerprint density at radius 2 is 2.09 bits per heavy atom. The zero-order chi connectivity index (χ0) is 15.7. The Labute approximate surface area is 127 Å².